The first-order valence-electron chi connectivity index (χ1n) is 7.25. The van der Waals surface area contributed by atoms with Gasteiger partial charge < -0.3 is 14.8 Å². The zero-order valence-corrected chi connectivity index (χ0v) is 11.8. The molecule has 0 aromatic heterocycles. The first kappa shape index (κ1) is 15.9. The van der Waals surface area contributed by atoms with E-state index in [9.17, 15) is 13.2 Å². The molecule has 0 amide bonds. The fraction of sp³-hybridized carbons (Fsp3) is 0.600. The third-order valence-electron chi connectivity index (χ3n) is 3.44. The highest BCUT2D eigenvalue weighted by molar-refractivity contribution is 5.31. The molecular formula is C15H20F3NO2. The van der Waals surface area contributed by atoms with Crippen LogP contribution in [0.1, 0.15) is 32.1 Å². The Balaban J connectivity index is 1.62. The normalized spacial score (nSPS) is 18.7. The summed E-state index contributed by atoms with van der Waals surface area (Å²) >= 11 is 0. The lowest BCUT2D eigenvalue weighted by Gasteiger charge is -2.11. The molecule has 1 heterocycles. The maximum absolute atomic E-state index is 12.0. The van der Waals surface area contributed by atoms with Gasteiger partial charge >= 0.3 is 6.36 Å². The van der Waals surface area contributed by atoms with Crippen LogP contribution in [0.15, 0.2) is 24.3 Å². The van der Waals surface area contributed by atoms with Crippen molar-refractivity contribution in [1.82, 2.24) is 5.32 Å². The van der Waals surface area contributed by atoms with E-state index in [-0.39, 0.29) is 5.75 Å². The van der Waals surface area contributed by atoms with Crippen LogP contribution in [-0.4, -0.2) is 25.6 Å². The minimum Gasteiger partial charge on any atom is -0.494 e. The van der Waals surface area contributed by atoms with Crippen molar-refractivity contribution in [2.45, 2.75) is 44.5 Å². The first-order chi connectivity index (χ1) is 10.0. The molecule has 1 atom stereocenters. The Labute approximate surface area is 122 Å². The average Bonchev–Trinajstić information content (AvgIpc) is 2.92. The third kappa shape index (κ3) is 6.25. The van der Waals surface area contributed by atoms with Gasteiger partial charge in [-0.15, -0.1) is 13.2 Å². The molecule has 0 bridgehead atoms. The molecule has 6 heteroatoms. The Morgan fingerprint density at radius 1 is 1.10 bits per heavy atom. The maximum atomic E-state index is 12.0. The van der Waals surface area contributed by atoms with Crippen molar-refractivity contribution in [2.24, 2.45) is 0 Å². The monoisotopic (exact) mass is 303 g/mol. The van der Waals surface area contributed by atoms with Crippen LogP contribution in [0.3, 0.4) is 0 Å². The number of hydrogen-bond acceptors (Lipinski definition) is 3. The molecule has 0 aliphatic carbocycles. The molecule has 0 saturated carbocycles. The van der Waals surface area contributed by atoms with Crippen molar-refractivity contribution in [3.8, 4) is 11.5 Å². The second-order valence-corrected chi connectivity index (χ2v) is 5.16. The Morgan fingerprint density at radius 2 is 1.81 bits per heavy atom. The number of hydrogen-bond donors (Lipinski definition) is 1. The van der Waals surface area contributed by atoms with Gasteiger partial charge in [0.15, 0.2) is 0 Å². The number of nitrogens with one attached hydrogen (secondary N) is 1. The summed E-state index contributed by atoms with van der Waals surface area (Å²) in [7, 11) is 0. The van der Waals surface area contributed by atoms with Crippen LogP contribution >= 0.6 is 0 Å². The summed E-state index contributed by atoms with van der Waals surface area (Å²) in [5, 5.41) is 3.44. The van der Waals surface area contributed by atoms with Crippen molar-refractivity contribution < 1.29 is 22.6 Å². The fourth-order valence-corrected chi connectivity index (χ4v) is 2.42. The molecule has 1 unspecified atom stereocenters. The van der Waals surface area contributed by atoms with Crippen LogP contribution < -0.4 is 14.8 Å². The van der Waals surface area contributed by atoms with Crippen LogP contribution in [0.4, 0.5) is 13.2 Å². The molecule has 1 fully saturated rings. The number of rotatable bonds is 7. The second-order valence-electron chi connectivity index (χ2n) is 5.16. The number of halogens is 3. The maximum Gasteiger partial charge on any atom is 0.573 e. The number of unbranched alkanes of at least 4 members (excludes halogenated alkanes) is 1. The van der Waals surface area contributed by atoms with Crippen molar-refractivity contribution in [3.63, 3.8) is 0 Å². The standard InChI is InChI=1S/C15H20F3NO2/c16-15(17,18)21-14-8-6-13(7-9-14)20-11-2-1-4-12-5-3-10-19-12/h6-9,12,19H,1-5,10-11H2. The molecule has 118 valence electrons. The van der Waals surface area contributed by atoms with Crippen molar-refractivity contribution >= 4 is 0 Å². The van der Waals surface area contributed by atoms with E-state index in [2.05, 4.69) is 10.1 Å². The van der Waals surface area contributed by atoms with Gasteiger partial charge in [0.25, 0.3) is 0 Å². The van der Waals surface area contributed by atoms with E-state index in [4.69, 9.17) is 4.74 Å². The molecule has 1 N–H and O–H groups in total. The second kappa shape index (κ2) is 7.54. The molecular weight excluding hydrogens is 283 g/mol. The van der Waals surface area contributed by atoms with Crippen LogP contribution in [0.25, 0.3) is 0 Å². The molecule has 1 aromatic rings. The van der Waals surface area contributed by atoms with E-state index in [1.54, 1.807) is 0 Å². The summed E-state index contributed by atoms with van der Waals surface area (Å²) in [5.41, 5.74) is 0. The van der Waals surface area contributed by atoms with Crippen LogP contribution in [0, 0.1) is 0 Å². The van der Waals surface area contributed by atoms with Gasteiger partial charge in [-0.3, -0.25) is 0 Å². The van der Waals surface area contributed by atoms with Crippen molar-refractivity contribution in [3.05, 3.63) is 24.3 Å². The smallest absolute Gasteiger partial charge is 0.494 e. The Hall–Kier alpha value is -1.43. The van der Waals surface area contributed by atoms with Gasteiger partial charge in [0.2, 0.25) is 0 Å². The van der Waals surface area contributed by atoms with E-state index in [0.717, 1.165) is 25.8 Å². The van der Waals surface area contributed by atoms with Gasteiger partial charge in [-0.05, 0) is 62.9 Å². The topological polar surface area (TPSA) is 30.5 Å². The summed E-state index contributed by atoms with van der Waals surface area (Å²) < 4.78 is 45.3. The lowest BCUT2D eigenvalue weighted by atomic mass is 10.1. The summed E-state index contributed by atoms with van der Waals surface area (Å²) in [6.45, 7) is 1.69. The Morgan fingerprint density at radius 3 is 2.43 bits per heavy atom. The largest absolute Gasteiger partial charge is 0.573 e. The first-order valence-corrected chi connectivity index (χ1v) is 7.25. The molecule has 3 nitrogen and oxygen atoms in total. The zero-order chi connectivity index (χ0) is 15.1. The fourth-order valence-electron chi connectivity index (χ4n) is 2.42. The van der Waals surface area contributed by atoms with Gasteiger partial charge in [0.05, 0.1) is 6.61 Å². The summed E-state index contributed by atoms with van der Waals surface area (Å²) in [5.74, 6) is 0.325. The minimum atomic E-state index is -4.66. The number of alkyl halides is 3. The minimum absolute atomic E-state index is 0.234. The highest BCUT2D eigenvalue weighted by Crippen LogP contribution is 2.24. The van der Waals surface area contributed by atoms with Gasteiger partial charge in [-0.1, -0.05) is 0 Å². The molecule has 1 aromatic carbocycles. The predicted molar refractivity (Wildman–Crippen MR) is 73.5 cm³/mol. The molecule has 0 spiro atoms. The molecule has 2 rings (SSSR count). The third-order valence-corrected chi connectivity index (χ3v) is 3.44. The Bertz CT molecular complexity index is 414. The molecule has 1 aliphatic rings. The molecule has 0 radical (unpaired) electrons. The number of benzene rings is 1. The average molecular weight is 303 g/mol. The van der Waals surface area contributed by atoms with E-state index in [0.29, 0.717) is 18.4 Å². The highest BCUT2D eigenvalue weighted by atomic mass is 19.4. The van der Waals surface area contributed by atoms with E-state index in [1.807, 2.05) is 0 Å². The molecule has 21 heavy (non-hydrogen) atoms. The SMILES string of the molecule is FC(F)(F)Oc1ccc(OCCCCC2CCCN2)cc1. The van der Waals surface area contributed by atoms with E-state index >= 15 is 0 Å². The van der Waals surface area contributed by atoms with Crippen LogP contribution in [0.5, 0.6) is 11.5 Å². The molecule has 1 aliphatic heterocycles. The van der Waals surface area contributed by atoms with Gasteiger partial charge in [-0.2, -0.15) is 0 Å². The predicted octanol–water partition coefficient (Wildman–Crippen LogP) is 3.89. The zero-order valence-electron chi connectivity index (χ0n) is 11.8. The molecule has 1 saturated heterocycles. The summed E-state index contributed by atoms with van der Waals surface area (Å²) in [4.78, 5) is 0. The van der Waals surface area contributed by atoms with E-state index in [1.165, 1.54) is 37.1 Å². The van der Waals surface area contributed by atoms with Gasteiger partial charge in [-0.25, -0.2) is 0 Å². The lowest BCUT2D eigenvalue weighted by Crippen LogP contribution is -2.21. The quantitative estimate of drug-likeness (QED) is 0.775. The van der Waals surface area contributed by atoms with Crippen LogP contribution in [0.2, 0.25) is 0 Å². The van der Waals surface area contributed by atoms with Crippen LogP contribution in [-0.2, 0) is 0 Å². The summed E-state index contributed by atoms with van der Waals surface area (Å²) in [6.07, 6.45) is 1.04. The van der Waals surface area contributed by atoms with E-state index < -0.39 is 6.36 Å². The van der Waals surface area contributed by atoms with Crippen molar-refractivity contribution in [2.75, 3.05) is 13.2 Å². The van der Waals surface area contributed by atoms with Crippen molar-refractivity contribution in [1.29, 1.82) is 0 Å². The van der Waals surface area contributed by atoms with Gasteiger partial charge in [0.1, 0.15) is 11.5 Å². The summed E-state index contributed by atoms with van der Waals surface area (Å²) in [6, 6.07) is 6.12. The Kier molecular flexibility index (Phi) is 5.73. The highest BCUT2D eigenvalue weighted by Gasteiger charge is 2.30. The lowest BCUT2D eigenvalue weighted by molar-refractivity contribution is -0.274. The number of ether oxygens (including phenoxy) is 2. The van der Waals surface area contributed by atoms with Gasteiger partial charge in [0, 0.05) is 6.04 Å².